The Morgan fingerprint density at radius 1 is 0.861 bits per heavy atom. The normalized spacial score (nSPS) is 10.7. The van der Waals surface area contributed by atoms with Gasteiger partial charge in [-0.25, -0.2) is 14.6 Å². The standard InChI is InChI=1S/C28H20ClFN2O4/c29-22-11-5-20(6-12-22)18-35-23-15-9-21(10-16-23)27(33)32-31-17-19-7-13-24(14-8-19)36-28(34)25-3-1-2-4-26(25)30/h1-17H,18H2,(H,32,33)/b31-17+. The van der Waals surface area contributed by atoms with Crippen LogP contribution in [-0.2, 0) is 6.61 Å². The van der Waals surface area contributed by atoms with E-state index in [0.717, 1.165) is 5.56 Å². The van der Waals surface area contributed by atoms with Gasteiger partial charge in [-0.3, -0.25) is 4.79 Å². The average molecular weight is 503 g/mol. The van der Waals surface area contributed by atoms with Gasteiger partial charge in [0.2, 0.25) is 0 Å². The highest BCUT2D eigenvalue weighted by Crippen LogP contribution is 2.17. The number of carbonyl (C=O) groups excluding carboxylic acids is 2. The average Bonchev–Trinajstić information content (AvgIpc) is 2.90. The Morgan fingerprint density at radius 2 is 1.53 bits per heavy atom. The van der Waals surface area contributed by atoms with E-state index in [1.807, 2.05) is 12.1 Å². The van der Waals surface area contributed by atoms with Crippen LogP contribution in [0.25, 0.3) is 0 Å². The number of hydrogen-bond acceptors (Lipinski definition) is 5. The lowest BCUT2D eigenvalue weighted by molar-refractivity contribution is 0.0729. The van der Waals surface area contributed by atoms with Crippen LogP contribution in [0.2, 0.25) is 5.02 Å². The smallest absolute Gasteiger partial charge is 0.346 e. The summed E-state index contributed by atoms with van der Waals surface area (Å²) in [5.74, 6) is -0.945. The van der Waals surface area contributed by atoms with Gasteiger partial charge in [0.05, 0.1) is 11.8 Å². The van der Waals surface area contributed by atoms with Crippen LogP contribution in [-0.4, -0.2) is 18.1 Å². The van der Waals surface area contributed by atoms with Crippen molar-refractivity contribution in [3.05, 3.63) is 130 Å². The highest BCUT2D eigenvalue weighted by Gasteiger charge is 2.13. The van der Waals surface area contributed by atoms with E-state index in [1.54, 1.807) is 66.7 Å². The van der Waals surface area contributed by atoms with Crippen molar-refractivity contribution in [2.75, 3.05) is 0 Å². The van der Waals surface area contributed by atoms with Crippen LogP contribution in [0.15, 0.2) is 102 Å². The number of rotatable bonds is 8. The number of carbonyl (C=O) groups is 2. The lowest BCUT2D eigenvalue weighted by Crippen LogP contribution is -2.17. The first-order chi connectivity index (χ1) is 17.5. The summed E-state index contributed by atoms with van der Waals surface area (Å²) in [6.45, 7) is 0.383. The maximum absolute atomic E-state index is 13.7. The van der Waals surface area contributed by atoms with Crippen LogP contribution in [0.1, 0.15) is 31.8 Å². The fourth-order valence-electron chi connectivity index (χ4n) is 3.09. The SMILES string of the molecule is O=C(N/N=C/c1ccc(OC(=O)c2ccccc2F)cc1)c1ccc(OCc2ccc(Cl)cc2)cc1. The molecular weight excluding hydrogens is 483 g/mol. The molecule has 0 fully saturated rings. The van der Waals surface area contributed by atoms with E-state index in [9.17, 15) is 14.0 Å². The largest absolute Gasteiger partial charge is 0.489 e. The van der Waals surface area contributed by atoms with E-state index in [0.29, 0.717) is 28.5 Å². The molecule has 36 heavy (non-hydrogen) atoms. The predicted octanol–water partition coefficient (Wildman–Crippen LogP) is 6.04. The molecule has 0 aromatic heterocycles. The van der Waals surface area contributed by atoms with Gasteiger partial charge in [0, 0.05) is 10.6 Å². The Morgan fingerprint density at radius 3 is 2.22 bits per heavy atom. The fourth-order valence-corrected chi connectivity index (χ4v) is 3.22. The van der Waals surface area contributed by atoms with Crippen LogP contribution in [0.3, 0.4) is 0 Å². The molecular formula is C28H20ClFN2O4. The minimum Gasteiger partial charge on any atom is -0.489 e. The maximum atomic E-state index is 13.7. The van der Waals surface area contributed by atoms with Crippen LogP contribution in [0, 0.1) is 5.82 Å². The predicted molar refractivity (Wildman–Crippen MR) is 135 cm³/mol. The number of hydrazone groups is 1. The Labute approximate surface area is 211 Å². The van der Waals surface area contributed by atoms with Gasteiger partial charge in [0.25, 0.3) is 5.91 Å². The maximum Gasteiger partial charge on any atom is 0.346 e. The first-order valence-electron chi connectivity index (χ1n) is 10.9. The molecule has 0 radical (unpaired) electrons. The molecule has 0 bridgehead atoms. The molecule has 4 aromatic rings. The molecule has 0 aliphatic rings. The third-order valence-corrected chi connectivity index (χ3v) is 5.25. The first-order valence-corrected chi connectivity index (χ1v) is 11.2. The topological polar surface area (TPSA) is 77.0 Å². The van der Waals surface area contributed by atoms with Crippen LogP contribution >= 0.6 is 11.6 Å². The van der Waals surface area contributed by atoms with Crippen molar-refractivity contribution in [2.45, 2.75) is 6.61 Å². The van der Waals surface area contributed by atoms with Crippen LogP contribution in [0.5, 0.6) is 11.5 Å². The van der Waals surface area contributed by atoms with Gasteiger partial charge in [-0.05, 0) is 83.9 Å². The van der Waals surface area contributed by atoms with Gasteiger partial charge >= 0.3 is 5.97 Å². The zero-order valence-corrected chi connectivity index (χ0v) is 19.6. The highest BCUT2D eigenvalue weighted by molar-refractivity contribution is 6.30. The molecule has 6 nitrogen and oxygen atoms in total. The van der Waals surface area contributed by atoms with E-state index in [2.05, 4.69) is 10.5 Å². The molecule has 8 heteroatoms. The Balaban J connectivity index is 1.26. The summed E-state index contributed by atoms with van der Waals surface area (Å²) >= 11 is 5.88. The number of ether oxygens (including phenoxy) is 2. The van der Waals surface area contributed by atoms with Gasteiger partial charge in [-0.15, -0.1) is 0 Å². The monoisotopic (exact) mass is 502 g/mol. The Bertz CT molecular complexity index is 1370. The second-order valence-corrected chi connectivity index (χ2v) is 8.01. The van der Waals surface area contributed by atoms with Gasteiger partial charge in [-0.1, -0.05) is 35.9 Å². The molecule has 0 atom stereocenters. The van der Waals surface area contributed by atoms with Crippen molar-refractivity contribution in [1.29, 1.82) is 0 Å². The van der Waals surface area contributed by atoms with Gasteiger partial charge in [-0.2, -0.15) is 5.10 Å². The number of halogens is 2. The Hall–Kier alpha value is -4.49. The second-order valence-electron chi connectivity index (χ2n) is 7.58. The van der Waals surface area contributed by atoms with E-state index < -0.39 is 11.8 Å². The van der Waals surface area contributed by atoms with Gasteiger partial charge in [0.1, 0.15) is 23.9 Å². The molecule has 0 saturated heterocycles. The molecule has 0 aliphatic heterocycles. The number of nitrogens with one attached hydrogen (secondary N) is 1. The number of nitrogens with zero attached hydrogens (tertiary/aromatic N) is 1. The lowest BCUT2D eigenvalue weighted by Gasteiger charge is -2.07. The summed E-state index contributed by atoms with van der Waals surface area (Å²) in [5, 5.41) is 4.61. The zero-order valence-electron chi connectivity index (χ0n) is 18.9. The van der Waals surface area contributed by atoms with Crippen LogP contribution < -0.4 is 14.9 Å². The first kappa shape index (κ1) is 24.6. The molecule has 0 aliphatic carbocycles. The zero-order chi connectivity index (χ0) is 25.3. The van der Waals surface area contributed by atoms with Crippen molar-refractivity contribution in [1.82, 2.24) is 5.43 Å². The molecule has 0 heterocycles. The minimum atomic E-state index is -0.789. The number of amides is 1. The molecule has 1 N–H and O–H groups in total. The van der Waals surface area contributed by atoms with Crippen LogP contribution in [0.4, 0.5) is 4.39 Å². The Kier molecular flexibility index (Phi) is 8.05. The molecule has 4 rings (SSSR count). The van der Waals surface area contributed by atoms with E-state index >= 15 is 0 Å². The summed E-state index contributed by atoms with van der Waals surface area (Å²) in [4.78, 5) is 24.4. The number of benzene rings is 4. The van der Waals surface area contributed by atoms with Crippen molar-refractivity contribution in [2.24, 2.45) is 5.10 Å². The molecule has 0 unspecified atom stereocenters. The molecule has 0 saturated carbocycles. The van der Waals surface area contributed by atoms with Crippen molar-refractivity contribution in [3.63, 3.8) is 0 Å². The highest BCUT2D eigenvalue weighted by atomic mass is 35.5. The molecule has 4 aromatic carbocycles. The van der Waals surface area contributed by atoms with Crippen molar-refractivity contribution >= 4 is 29.7 Å². The van der Waals surface area contributed by atoms with Crippen molar-refractivity contribution in [3.8, 4) is 11.5 Å². The summed E-state index contributed by atoms with van der Waals surface area (Å²) in [5.41, 5.74) is 4.36. The molecule has 1 amide bonds. The third kappa shape index (κ3) is 6.77. The second kappa shape index (κ2) is 11.8. The number of esters is 1. The van der Waals surface area contributed by atoms with Crippen molar-refractivity contribution < 1.29 is 23.5 Å². The molecule has 0 spiro atoms. The summed E-state index contributed by atoms with van der Waals surface area (Å²) < 4.78 is 24.6. The summed E-state index contributed by atoms with van der Waals surface area (Å²) in [7, 11) is 0. The van der Waals surface area contributed by atoms with Gasteiger partial charge < -0.3 is 9.47 Å². The van der Waals surface area contributed by atoms with E-state index in [1.165, 1.54) is 24.4 Å². The lowest BCUT2D eigenvalue weighted by atomic mass is 10.2. The number of hydrogen-bond donors (Lipinski definition) is 1. The van der Waals surface area contributed by atoms with E-state index in [-0.39, 0.29) is 17.2 Å². The quantitative estimate of drug-likeness (QED) is 0.138. The minimum absolute atomic E-state index is 0.146. The van der Waals surface area contributed by atoms with Gasteiger partial charge in [0.15, 0.2) is 0 Å². The summed E-state index contributed by atoms with van der Waals surface area (Å²) in [6.07, 6.45) is 1.45. The van der Waals surface area contributed by atoms with E-state index in [4.69, 9.17) is 21.1 Å². The fraction of sp³-hybridized carbons (Fsp3) is 0.0357. The summed E-state index contributed by atoms with van der Waals surface area (Å²) in [6, 6.07) is 26.0. The third-order valence-electron chi connectivity index (χ3n) is 5.00. The molecule has 180 valence electrons.